The van der Waals surface area contributed by atoms with E-state index >= 15 is 0 Å². The first-order valence-electron chi connectivity index (χ1n) is 9.77. The molecule has 0 fully saturated rings. The molecule has 6 nitrogen and oxygen atoms in total. The smallest absolute Gasteiger partial charge is 0.234 e. The largest absolute Gasteiger partial charge is 0.325 e. The molecule has 2 heterocycles. The van der Waals surface area contributed by atoms with Crippen LogP contribution in [0.5, 0.6) is 0 Å². The molecule has 4 aromatic rings. The maximum Gasteiger partial charge on any atom is 0.234 e. The van der Waals surface area contributed by atoms with E-state index in [0.29, 0.717) is 21.7 Å². The Bertz CT molecular complexity index is 1180. The number of carbonyl (C=O) groups excluding carboxylic acids is 1. The van der Waals surface area contributed by atoms with Gasteiger partial charge in [-0.3, -0.25) is 14.3 Å². The summed E-state index contributed by atoms with van der Waals surface area (Å²) in [4.78, 5) is 16.5. The molecular weight excluding hydrogens is 430 g/mol. The number of aromatic nitrogens is 4. The summed E-state index contributed by atoms with van der Waals surface area (Å²) in [6, 6.07) is 19.1. The lowest BCUT2D eigenvalue weighted by Gasteiger charge is -2.11. The predicted octanol–water partition coefficient (Wildman–Crippen LogP) is 5.28. The normalized spacial score (nSPS) is 10.8. The van der Waals surface area contributed by atoms with Crippen LogP contribution in [0.4, 0.5) is 5.69 Å². The lowest BCUT2D eigenvalue weighted by Crippen LogP contribution is -2.14. The van der Waals surface area contributed by atoms with Gasteiger partial charge in [-0.1, -0.05) is 48.5 Å². The van der Waals surface area contributed by atoms with E-state index < -0.39 is 0 Å². The Hall–Kier alpha value is -3.16. The van der Waals surface area contributed by atoms with Gasteiger partial charge in [-0.05, 0) is 54.4 Å². The van der Waals surface area contributed by atoms with Crippen LogP contribution >= 0.6 is 23.4 Å². The molecule has 1 amide bonds. The van der Waals surface area contributed by atoms with Crippen LogP contribution in [0.3, 0.4) is 0 Å². The second-order valence-electron chi connectivity index (χ2n) is 6.74. The molecule has 0 atom stereocenters. The van der Waals surface area contributed by atoms with Gasteiger partial charge in [0.15, 0.2) is 11.0 Å². The standard InChI is InChI=1S/C23H20ClN5OS/c1-2-16-6-8-20(9-7-16)29-22(17-10-12-25-13-11-17)27-28-23(29)31-15-21(30)26-19-5-3-4-18(24)14-19/h3-14H,2,15H2,1H3,(H,26,30). The van der Waals surface area contributed by atoms with Gasteiger partial charge in [0.1, 0.15) is 0 Å². The average Bonchev–Trinajstić information content (AvgIpc) is 3.22. The number of rotatable bonds is 7. The molecule has 0 aliphatic carbocycles. The van der Waals surface area contributed by atoms with Gasteiger partial charge in [0.05, 0.1) is 5.75 Å². The summed E-state index contributed by atoms with van der Waals surface area (Å²) < 4.78 is 1.96. The first kappa shape index (κ1) is 21.1. The molecule has 0 radical (unpaired) electrons. The van der Waals surface area contributed by atoms with Crippen molar-refractivity contribution in [2.45, 2.75) is 18.5 Å². The number of nitrogens with zero attached hydrogens (tertiary/aromatic N) is 4. The lowest BCUT2D eigenvalue weighted by atomic mass is 10.1. The number of carbonyl (C=O) groups is 1. The van der Waals surface area contributed by atoms with Crippen LogP contribution in [0, 0.1) is 0 Å². The van der Waals surface area contributed by atoms with Crippen molar-refractivity contribution in [3.05, 3.63) is 83.6 Å². The molecule has 0 bridgehead atoms. The predicted molar refractivity (Wildman–Crippen MR) is 125 cm³/mol. The number of benzene rings is 2. The van der Waals surface area contributed by atoms with Gasteiger partial charge in [0.25, 0.3) is 0 Å². The Labute approximate surface area is 189 Å². The zero-order chi connectivity index (χ0) is 21.6. The summed E-state index contributed by atoms with van der Waals surface area (Å²) in [5.41, 5.74) is 3.74. The lowest BCUT2D eigenvalue weighted by molar-refractivity contribution is -0.113. The van der Waals surface area contributed by atoms with E-state index in [1.165, 1.54) is 17.3 Å². The number of hydrogen-bond donors (Lipinski definition) is 1. The molecule has 0 aliphatic rings. The Balaban J connectivity index is 1.59. The fourth-order valence-electron chi connectivity index (χ4n) is 3.06. The molecule has 0 spiro atoms. The summed E-state index contributed by atoms with van der Waals surface area (Å²) >= 11 is 7.32. The van der Waals surface area contributed by atoms with Gasteiger partial charge in [-0.15, -0.1) is 10.2 Å². The van der Waals surface area contributed by atoms with E-state index in [1.807, 2.05) is 28.8 Å². The van der Waals surface area contributed by atoms with Crippen molar-refractivity contribution in [3.63, 3.8) is 0 Å². The quantitative estimate of drug-likeness (QED) is 0.389. The van der Waals surface area contributed by atoms with Crippen LogP contribution in [-0.2, 0) is 11.2 Å². The first-order valence-corrected chi connectivity index (χ1v) is 11.1. The van der Waals surface area contributed by atoms with Crippen molar-refractivity contribution >= 4 is 35.0 Å². The number of halogens is 1. The minimum Gasteiger partial charge on any atom is -0.325 e. The van der Waals surface area contributed by atoms with Gasteiger partial charge in [-0.2, -0.15) is 0 Å². The van der Waals surface area contributed by atoms with Crippen LogP contribution in [0.1, 0.15) is 12.5 Å². The van der Waals surface area contributed by atoms with Crippen LogP contribution in [0.2, 0.25) is 5.02 Å². The SMILES string of the molecule is CCc1ccc(-n2c(SCC(=O)Nc3cccc(Cl)c3)nnc2-c2ccncc2)cc1. The number of anilines is 1. The van der Waals surface area contributed by atoms with Crippen molar-refractivity contribution in [2.75, 3.05) is 11.1 Å². The van der Waals surface area contributed by atoms with Crippen LogP contribution < -0.4 is 5.32 Å². The fraction of sp³-hybridized carbons (Fsp3) is 0.130. The second-order valence-corrected chi connectivity index (χ2v) is 8.12. The Morgan fingerprint density at radius 3 is 2.55 bits per heavy atom. The molecule has 2 aromatic heterocycles. The highest BCUT2D eigenvalue weighted by Gasteiger charge is 2.17. The van der Waals surface area contributed by atoms with E-state index in [9.17, 15) is 4.79 Å². The van der Waals surface area contributed by atoms with E-state index in [0.717, 1.165) is 17.7 Å². The van der Waals surface area contributed by atoms with Crippen molar-refractivity contribution < 1.29 is 4.79 Å². The average molecular weight is 450 g/mol. The Kier molecular flexibility index (Phi) is 6.64. The summed E-state index contributed by atoms with van der Waals surface area (Å²) in [5, 5.41) is 12.8. The molecule has 2 aromatic carbocycles. The van der Waals surface area contributed by atoms with E-state index in [1.54, 1.807) is 36.7 Å². The molecule has 31 heavy (non-hydrogen) atoms. The second kappa shape index (κ2) is 9.76. The van der Waals surface area contributed by atoms with Gasteiger partial charge in [0.2, 0.25) is 5.91 Å². The number of hydrogen-bond acceptors (Lipinski definition) is 5. The highest BCUT2D eigenvalue weighted by atomic mass is 35.5. The van der Waals surface area contributed by atoms with Crippen LogP contribution in [0.25, 0.3) is 17.1 Å². The van der Waals surface area contributed by atoms with Crippen molar-refractivity contribution in [3.8, 4) is 17.1 Å². The summed E-state index contributed by atoms with van der Waals surface area (Å²) in [7, 11) is 0. The van der Waals surface area contributed by atoms with Gasteiger partial charge < -0.3 is 5.32 Å². The van der Waals surface area contributed by atoms with Crippen molar-refractivity contribution in [2.24, 2.45) is 0 Å². The fourth-order valence-corrected chi connectivity index (χ4v) is 4.00. The number of amides is 1. The van der Waals surface area contributed by atoms with Gasteiger partial charge in [-0.25, -0.2) is 0 Å². The van der Waals surface area contributed by atoms with Gasteiger partial charge >= 0.3 is 0 Å². The Morgan fingerprint density at radius 1 is 1.06 bits per heavy atom. The highest BCUT2D eigenvalue weighted by Crippen LogP contribution is 2.28. The minimum atomic E-state index is -0.145. The number of aryl methyl sites for hydroxylation is 1. The molecule has 156 valence electrons. The maximum absolute atomic E-state index is 12.5. The van der Waals surface area contributed by atoms with Gasteiger partial charge in [0, 0.05) is 34.4 Å². The summed E-state index contributed by atoms with van der Waals surface area (Å²) in [6.45, 7) is 2.12. The molecule has 1 N–H and O–H groups in total. The third-order valence-corrected chi connectivity index (χ3v) is 5.78. The van der Waals surface area contributed by atoms with E-state index in [2.05, 4.69) is 39.6 Å². The highest BCUT2D eigenvalue weighted by molar-refractivity contribution is 7.99. The van der Waals surface area contributed by atoms with E-state index in [4.69, 9.17) is 11.6 Å². The molecule has 0 aliphatic heterocycles. The molecule has 4 rings (SSSR count). The minimum absolute atomic E-state index is 0.145. The molecule has 0 saturated heterocycles. The molecule has 0 saturated carbocycles. The zero-order valence-corrected chi connectivity index (χ0v) is 18.4. The maximum atomic E-state index is 12.5. The molecular formula is C23H20ClN5OS. The molecule has 8 heteroatoms. The molecule has 0 unspecified atom stereocenters. The van der Waals surface area contributed by atoms with Crippen molar-refractivity contribution in [1.29, 1.82) is 0 Å². The number of pyridine rings is 1. The zero-order valence-electron chi connectivity index (χ0n) is 16.8. The number of thioether (sulfide) groups is 1. The van der Waals surface area contributed by atoms with Crippen LogP contribution in [-0.4, -0.2) is 31.4 Å². The topological polar surface area (TPSA) is 72.7 Å². The third-order valence-electron chi connectivity index (χ3n) is 4.62. The van der Waals surface area contributed by atoms with Crippen molar-refractivity contribution in [1.82, 2.24) is 19.7 Å². The number of nitrogens with one attached hydrogen (secondary N) is 1. The monoisotopic (exact) mass is 449 g/mol. The van der Waals surface area contributed by atoms with E-state index in [-0.39, 0.29) is 11.7 Å². The summed E-state index contributed by atoms with van der Waals surface area (Å²) in [5.74, 6) is 0.742. The first-order chi connectivity index (χ1) is 15.1. The Morgan fingerprint density at radius 2 is 1.84 bits per heavy atom. The van der Waals surface area contributed by atoms with Crippen LogP contribution in [0.15, 0.2) is 78.2 Å². The third kappa shape index (κ3) is 5.13. The summed E-state index contributed by atoms with van der Waals surface area (Å²) in [6.07, 6.45) is 4.41.